The molecule has 9 nitrogen and oxygen atoms in total. The van der Waals surface area contributed by atoms with Gasteiger partial charge >= 0.3 is 6.18 Å². The van der Waals surface area contributed by atoms with Crippen molar-refractivity contribution >= 4 is 29.1 Å². The summed E-state index contributed by atoms with van der Waals surface area (Å²) in [7, 11) is 0. The minimum atomic E-state index is -4.55. The van der Waals surface area contributed by atoms with Crippen LogP contribution in [-0.4, -0.2) is 66.1 Å². The lowest BCUT2D eigenvalue weighted by Crippen LogP contribution is -2.36. The summed E-state index contributed by atoms with van der Waals surface area (Å²) >= 11 is 0. The highest BCUT2D eigenvalue weighted by Crippen LogP contribution is 2.35. The van der Waals surface area contributed by atoms with Crippen LogP contribution in [0, 0.1) is 5.41 Å². The average molecular weight is 612 g/mol. The molecule has 236 valence electrons. The fraction of sp³-hybridized carbons (Fsp3) is 0.406. The maximum absolute atomic E-state index is 13.9. The van der Waals surface area contributed by atoms with Gasteiger partial charge in [-0.3, -0.25) is 9.89 Å². The molecule has 0 saturated carbocycles. The molecule has 3 aromatic rings. The normalized spacial score (nSPS) is 15.6. The zero-order valence-corrected chi connectivity index (χ0v) is 25.4. The van der Waals surface area contributed by atoms with Crippen LogP contribution in [0.4, 0.5) is 30.4 Å². The molecule has 44 heavy (non-hydrogen) atoms. The van der Waals surface area contributed by atoms with E-state index in [0.717, 1.165) is 29.1 Å². The van der Waals surface area contributed by atoms with Crippen molar-refractivity contribution in [2.45, 2.75) is 52.2 Å². The molecule has 1 aromatic heterocycles. The van der Waals surface area contributed by atoms with Crippen molar-refractivity contribution in [2.24, 2.45) is 4.99 Å². The molecule has 0 radical (unpaired) electrons. The number of nitrogen functional groups attached to an aromatic ring is 1. The van der Waals surface area contributed by atoms with Crippen LogP contribution < -0.4 is 16.4 Å². The van der Waals surface area contributed by atoms with Gasteiger partial charge in [0.1, 0.15) is 5.82 Å². The number of morpholine rings is 1. The second-order valence-electron chi connectivity index (χ2n) is 11.6. The van der Waals surface area contributed by atoms with Gasteiger partial charge in [0.15, 0.2) is 0 Å². The van der Waals surface area contributed by atoms with Gasteiger partial charge in [0.05, 0.1) is 30.1 Å². The number of benzene rings is 2. The van der Waals surface area contributed by atoms with Gasteiger partial charge in [0.2, 0.25) is 6.35 Å². The fourth-order valence-electron chi connectivity index (χ4n) is 4.98. The third kappa shape index (κ3) is 8.13. The molecule has 1 fully saturated rings. The standard InChI is InChI=1S/C32H40F3N7O2/c1-5-38-26(18-36)28-24(17-27(31(2,3)4)41-29(28)37)20-6-9-22(10-7-20)39-30(43)40-23-11-8-21(25(16-23)32(33,34)35)19-42-12-14-44-15-13-42/h6-11,16-18,30,36,39-40,43H,5,12-15,19H2,1-4H3,(H2,37,41). The first kappa shape index (κ1) is 32.9. The van der Waals surface area contributed by atoms with Gasteiger partial charge in [0, 0.05) is 54.9 Å². The smallest absolute Gasteiger partial charge is 0.383 e. The van der Waals surface area contributed by atoms with Crippen LogP contribution in [0.2, 0.25) is 0 Å². The molecule has 6 N–H and O–H groups in total. The fourth-order valence-corrected chi connectivity index (χ4v) is 4.98. The van der Waals surface area contributed by atoms with Crippen molar-refractivity contribution in [3.63, 3.8) is 0 Å². The van der Waals surface area contributed by atoms with E-state index >= 15 is 0 Å². The first-order chi connectivity index (χ1) is 20.8. The average Bonchev–Trinajstić information content (AvgIpc) is 2.96. The quantitative estimate of drug-likeness (QED) is 0.146. The summed E-state index contributed by atoms with van der Waals surface area (Å²) in [5, 5.41) is 24.1. The molecule has 1 unspecified atom stereocenters. The first-order valence-corrected chi connectivity index (χ1v) is 14.5. The van der Waals surface area contributed by atoms with E-state index in [1.807, 2.05) is 50.8 Å². The summed E-state index contributed by atoms with van der Waals surface area (Å²) < 4.78 is 47.1. The van der Waals surface area contributed by atoms with Gasteiger partial charge in [0.25, 0.3) is 0 Å². The van der Waals surface area contributed by atoms with E-state index < -0.39 is 18.1 Å². The van der Waals surface area contributed by atoms with Gasteiger partial charge in [-0.05, 0) is 53.9 Å². The number of halogens is 3. The number of anilines is 3. The summed E-state index contributed by atoms with van der Waals surface area (Å²) in [5.41, 5.74) is 9.53. The second kappa shape index (κ2) is 13.7. The van der Waals surface area contributed by atoms with Crippen molar-refractivity contribution < 1.29 is 23.0 Å². The first-order valence-electron chi connectivity index (χ1n) is 14.5. The van der Waals surface area contributed by atoms with E-state index in [1.54, 1.807) is 12.1 Å². The van der Waals surface area contributed by atoms with Gasteiger partial charge in [-0.25, -0.2) is 4.98 Å². The highest BCUT2D eigenvalue weighted by Gasteiger charge is 2.34. The molecule has 0 spiro atoms. The summed E-state index contributed by atoms with van der Waals surface area (Å²) in [6.07, 6.45) is -4.75. The van der Waals surface area contributed by atoms with Crippen molar-refractivity contribution in [2.75, 3.05) is 49.2 Å². The lowest BCUT2D eigenvalue weighted by Gasteiger charge is -2.28. The Labute approximate surface area is 255 Å². The second-order valence-corrected chi connectivity index (χ2v) is 11.6. The maximum Gasteiger partial charge on any atom is 0.416 e. The van der Waals surface area contributed by atoms with Crippen LogP contribution in [-0.2, 0) is 22.9 Å². The van der Waals surface area contributed by atoms with Crippen molar-refractivity contribution in [3.05, 3.63) is 70.9 Å². The molecule has 4 rings (SSSR count). The van der Waals surface area contributed by atoms with Crippen molar-refractivity contribution in [3.8, 4) is 11.1 Å². The Morgan fingerprint density at radius 2 is 1.73 bits per heavy atom. The molecule has 12 heteroatoms. The molecular formula is C32H40F3N7O2. The Morgan fingerprint density at radius 1 is 1.09 bits per heavy atom. The maximum atomic E-state index is 13.9. The number of nitrogens with zero attached hydrogens (tertiary/aromatic N) is 3. The van der Waals surface area contributed by atoms with Crippen LogP contribution in [0.15, 0.2) is 53.5 Å². The van der Waals surface area contributed by atoms with E-state index in [2.05, 4.69) is 20.6 Å². The number of aliphatic imine (C=N–C) groups is 1. The molecular weight excluding hydrogens is 571 g/mol. The predicted octanol–water partition coefficient (Wildman–Crippen LogP) is 5.74. The van der Waals surface area contributed by atoms with Crippen LogP contribution in [0.25, 0.3) is 11.1 Å². The lowest BCUT2D eigenvalue weighted by molar-refractivity contribution is -0.138. The van der Waals surface area contributed by atoms with E-state index in [0.29, 0.717) is 49.8 Å². The van der Waals surface area contributed by atoms with Crippen LogP contribution in [0.3, 0.4) is 0 Å². The monoisotopic (exact) mass is 611 g/mol. The summed E-state index contributed by atoms with van der Waals surface area (Å²) in [4.78, 5) is 11.0. The van der Waals surface area contributed by atoms with E-state index in [4.69, 9.17) is 15.9 Å². The van der Waals surface area contributed by atoms with Crippen LogP contribution >= 0.6 is 0 Å². The molecule has 1 saturated heterocycles. The zero-order valence-electron chi connectivity index (χ0n) is 25.4. The third-order valence-corrected chi connectivity index (χ3v) is 7.25. The molecule has 2 heterocycles. The van der Waals surface area contributed by atoms with Gasteiger partial charge < -0.3 is 31.6 Å². The topological polar surface area (TPSA) is 132 Å². The van der Waals surface area contributed by atoms with Crippen molar-refractivity contribution in [1.29, 1.82) is 5.41 Å². The SMILES string of the molecule is CCN=C(C=N)c1c(-c2ccc(NC(O)Nc3ccc(CN4CCOCC4)c(C(F)(F)F)c3)cc2)cc(C(C)(C)C)nc1N. The summed E-state index contributed by atoms with van der Waals surface area (Å²) in [6, 6.07) is 13.1. The molecule has 0 bridgehead atoms. The summed E-state index contributed by atoms with van der Waals surface area (Å²) in [6.45, 7) is 10.7. The molecule has 1 aliphatic heterocycles. The van der Waals surface area contributed by atoms with Gasteiger partial charge in [-0.15, -0.1) is 0 Å². The Balaban J connectivity index is 1.54. The number of aromatic nitrogens is 1. The van der Waals surface area contributed by atoms with E-state index in [9.17, 15) is 18.3 Å². The van der Waals surface area contributed by atoms with Crippen LogP contribution in [0.5, 0.6) is 0 Å². The minimum absolute atomic E-state index is 0.126. The van der Waals surface area contributed by atoms with Gasteiger partial charge in [-0.2, -0.15) is 13.2 Å². The number of nitrogens with one attached hydrogen (secondary N) is 3. The van der Waals surface area contributed by atoms with E-state index in [-0.39, 0.29) is 29.0 Å². The Kier molecular flexibility index (Phi) is 10.3. The zero-order chi connectivity index (χ0) is 32.1. The molecule has 1 atom stereocenters. The number of aliphatic hydroxyl groups excluding tert-OH is 1. The largest absolute Gasteiger partial charge is 0.416 e. The number of rotatable bonds is 10. The molecule has 0 amide bonds. The van der Waals surface area contributed by atoms with Gasteiger partial charge in [-0.1, -0.05) is 39.0 Å². The Hall–Kier alpha value is -4.00. The Morgan fingerprint density at radius 3 is 2.32 bits per heavy atom. The highest BCUT2D eigenvalue weighted by molar-refractivity contribution is 6.40. The third-order valence-electron chi connectivity index (χ3n) is 7.25. The van der Waals surface area contributed by atoms with Crippen molar-refractivity contribution in [1.82, 2.24) is 9.88 Å². The number of hydrogen-bond donors (Lipinski definition) is 5. The molecule has 1 aliphatic rings. The number of alkyl halides is 3. The predicted molar refractivity (Wildman–Crippen MR) is 169 cm³/mol. The summed E-state index contributed by atoms with van der Waals surface area (Å²) in [5.74, 6) is 0.277. The molecule has 2 aromatic carbocycles. The number of hydrogen-bond acceptors (Lipinski definition) is 9. The number of nitrogens with two attached hydrogens (primary N) is 1. The van der Waals surface area contributed by atoms with E-state index in [1.165, 1.54) is 12.1 Å². The minimum Gasteiger partial charge on any atom is -0.383 e. The number of ether oxygens (including phenoxy) is 1. The Bertz CT molecular complexity index is 1480. The number of pyridine rings is 1. The highest BCUT2D eigenvalue weighted by atomic mass is 19.4. The number of aliphatic hydroxyl groups is 1. The molecule has 0 aliphatic carbocycles. The van der Waals surface area contributed by atoms with Crippen LogP contribution in [0.1, 0.15) is 50.1 Å². The lowest BCUT2D eigenvalue weighted by atomic mass is 9.87.